The summed E-state index contributed by atoms with van der Waals surface area (Å²) >= 11 is 0. The molecule has 0 amide bonds. The van der Waals surface area contributed by atoms with E-state index in [1.54, 1.807) is 0 Å². The predicted molar refractivity (Wildman–Crippen MR) is 80.6 cm³/mol. The molecule has 1 saturated carbocycles. The second-order valence-electron chi connectivity index (χ2n) is 6.19. The summed E-state index contributed by atoms with van der Waals surface area (Å²) in [5.41, 5.74) is 0.461. The molecule has 2 N–H and O–H groups in total. The van der Waals surface area contributed by atoms with Gasteiger partial charge in [0, 0.05) is 25.1 Å². The molecule has 1 aromatic rings. The van der Waals surface area contributed by atoms with Crippen LogP contribution < -0.4 is 10.6 Å². The third kappa shape index (κ3) is 3.82. The van der Waals surface area contributed by atoms with Crippen LogP contribution in [-0.4, -0.2) is 22.6 Å². The van der Waals surface area contributed by atoms with Crippen LogP contribution in [0.15, 0.2) is 6.07 Å². The van der Waals surface area contributed by atoms with Gasteiger partial charge >= 0.3 is 0 Å². The maximum absolute atomic E-state index is 4.58. The zero-order valence-electron chi connectivity index (χ0n) is 12.6. The van der Waals surface area contributed by atoms with Gasteiger partial charge in [-0.05, 0) is 31.6 Å². The van der Waals surface area contributed by atoms with E-state index >= 15 is 0 Å². The molecule has 1 aromatic heterocycles. The molecule has 1 aliphatic rings. The van der Waals surface area contributed by atoms with E-state index in [4.69, 9.17) is 0 Å². The Hall–Kier alpha value is -1.32. The average Bonchev–Trinajstić information content (AvgIpc) is 2.68. The van der Waals surface area contributed by atoms with Crippen LogP contribution >= 0.6 is 0 Å². The van der Waals surface area contributed by atoms with Crippen molar-refractivity contribution in [2.45, 2.75) is 59.4 Å². The van der Waals surface area contributed by atoms with Gasteiger partial charge in [-0.3, -0.25) is 0 Å². The zero-order valence-corrected chi connectivity index (χ0v) is 12.6. The number of aromatic nitrogens is 2. The molecular weight excluding hydrogens is 236 g/mol. The first-order chi connectivity index (χ1) is 9.02. The monoisotopic (exact) mass is 262 g/mol. The van der Waals surface area contributed by atoms with Gasteiger partial charge in [-0.25, -0.2) is 9.97 Å². The van der Waals surface area contributed by atoms with E-state index in [1.165, 1.54) is 19.3 Å². The quantitative estimate of drug-likeness (QED) is 0.853. The molecule has 2 rings (SSSR count). The van der Waals surface area contributed by atoms with E-state index in [2.05, 4.69) is 48.3 Å². The molecular formula is C15H26N4. The number of aryl methyl sites for hydroxylation is 1. The van der Waals surface area contributed by atoms with Gasteiger partial charge in [-0.15, -0.1) is 0 Å². The Kier molecular flexibility index (Phi) is 4.27. The van der Waals surface area contributed by atoms with Crippen molar-refractivity contribution in [1.29, 1.82) is 0 Å². The number of hydrogen-bond donors (Lipinski definition) is 2. The van der Waals surface area contributed by atoms with Crippen LogP contribution in [0.5, 0.6) is 0 Å². The molecule has 0 spiro atoms. The van der Waals surface area contributed by atoms with Crippen molar-refractivity contribution in [3.05, 3.63) is 11.9 Å². The highest BCUT2D eigenvalue weighted by atomic mass is 15.1. The first-order valence-corrected chi connectivity index (χ1v) is 7.41. The van der Waals surface area contributed by atoms with E-state index in [-0.39, 0.29) is 0 Å². The standard InChI is InChI=1S/C15H26N4/c1-5-12-18-13(16-6-2)9-14(19-12)17-11-7-8-15(3,4)10-11/h9,11H,5-8,10H2,1-4H3,(H2,16,17,18,19). The second kappa shape index (κ2) is 5.76. The molecule has 0 radical (unpaired) electrons. The highest BCUT2D eigenvalue weighted by Gasteiger charge is 2.30. The van der Waals surface area contributed by atoms with Crippen LogP contribution in [0.1, 0.15) is 52.8 Å². The fourth-order valence-corrected chi connectivity index (χ4v) is 2.77. The highest BCUT2D eigenvalue weighted by molar-refractivity contribution is 5.48. The van der Waals surface area contributed by atoms with E-state index < -0.39 is 0 Å². The van der Waals surface area contributed by atoms with Gasteiger partial charge in [0.25, 0.3) is 0 Å². The fraction of sp³-hybridized carbons (Fsp3) is 0.733. The second-order valence-corrected chi connectivity index (χ2v) is 6.19. The van der Waals surface area contributed by atoms with Crippen LogP contribution in [-0.2, 0) is 6.42 Å². The molecule has 1 atom stereocenters. The normalized spacial score (nSPS) is 21.4. The first kappa shape index (κ1) is 14.1. The lowest BCUT2D eigenvalue weighted by atomic mass is 9.92. The van der Waals surface area contributed by atoms with Gasteiger partial charge in [-0.2, -0.15) is 0 Å². The molecule has 0 aromatic carbocycles. The van der Waals surface area contributed by atoms with E-state index in [9.17, 15) is 0 Å². The summed E-state index contributed by atoms with van der Waals surface area (Å²) in [5.74, 6) is 2.79. The molecule has 4 heteroatoms. The maximum Gasteiger partial charge on any atom is 0.132 e. The first-order valence-electron chi connectivity index (χ1n) is 7.41. The summed E-state index contributed by atoms with van der Waals surface area (Å²) in [7, 11) is 0. The van der Waals surface area contributed by atoms with Crippen molar-refractivity contribution >= 4 is 11.6 Å². The summed E-state index contributed by atoms with van der Waals surface area (Å²) in [6, 6.07) is 2.57. The number of anilines is 2. The largest absolute Gasteiger partial charge is 0.370 e. The highest BCUT2D eigenvalue weighted by Crippen LogP contribution is 2.38. The molecule has 1 fully saturated rings. The van der Waals surface area contributed by atoms with Crippen molar-refractivity contribution in [2.75, 3.05) is 17.2 Å². The Bertz CT molecular complexity index is 428. The summed E-state index contributed by atoms with van der Waals surface area (Å²) in [6.07, 6.45) is 4.60. The van der Waals surface area contributed by atoms with Crippen molar-refractivity contribution in [3.8, 4) is 0 Å². The van der Waals surface area contributed by atoms with E-state index in [1.807, 2.05) is 6.07 Å². The Morgan fingerprint density at radius 3 is 2.58 bits per heavy atom. The average molecular weight is 262 g/mol. The number of nitrogens with zero attached hydrogens (tertiary/aromatic N) is 2. The third-order valence-corrected chi connectivity index (χ3v) is 3.77. The van der Waals surface area contributed by atoms with Crippen LogP contribution in [0.4, 0.5) is 11.6 Å². The topological polar surface area (TPSA) is 49.8 Å². The molecule has 0 saturated heterocycles. The Balaban J connectivity index is 2.09. The molecule has 4 nitrogen and oxygen atoms in total. The smallest absolute Gasteiger partial charge is 0.132 e. The summed E-state index contributed by atoms with van der Waals surface area (Å²) in [6.45, 7) is 9.75. The fourth-order valence-electron chi connectivity index (χ4n) is 2.77. The summed E-state index contributed by atoms with van der Waals surface area (Å²) in [5, 5.41) is 6.85. The SMILES string of the molecule is CCNc1cc(NC2CCC(C)(C)C2)nc(CC)n1. The molecule has 1 heterocycles. The van der Waals surface area contributed by atoms with Crippen LogP contribution in [0.2, 0.25) is 0 Å². The van der Waals surface area contributed by atoms with Crippen LogP contribution in [0.25, 0.3) is 0 Å². The lowest BCUT2D eigenvalue weighted by molar-refractivity contribution is 0.378. The van der Waals surface area contributed by atoms with Gasteiger partial charge in [0.1, 0.15) is 17.5 Å². The van der Waals surface area contributed by atoms with Gasteiger partial charge in [0.2, 0.25) is 0 Å². The van der Waals surface area contributed by atoms with Crippen LogP contribution in [0, 0.1) is 5.41 Å². The number of hydrogen-bond acceptors (Lipinski definition) is 4. The lowest BCUT2D eigenvalue weighted by Gasteiger charge is -2.18. The Labute approximate surface area is 116 Å². The van der Waals surface area contributed by atoms with Crippen molar-refractivity contribution in [1.82, 2.24) is 9.97 Å². The Morgan fingerprint density at radius 2 is 2.00 bits per heavy atom. The molecule has 0 bridgehead atoms. The van der Waals surface area contributed by atoms with Gasteiger partial charge in [-0.1, -0.05) is 20.8 Å². The Morgan fingerprint density at radius 1 is 1.26 bits per heavy atom. The third-order valence-electron chi connectivity index (χ3n) is 3.77. The summed E-state index contributed by atoms with van der Waals surface area (Å²) < 4.78 is 0. The number of nitrogens with one attached hydrogen (secondary N) is 2. The maximum atomic E-state index is 4.58. The van der Waals surface area contributed by atoms with E-state index in [0.717, 1.165) is 30.4 Å². The number of rotatable bonds is 5. The van der Waals surface area contributed by atoms with Crippen molar-refractivity contribution in [2.24, 2.45) is 5.41 Å². The van der Waals surface area contributed by atoms with Crippen LogP contribution in [0.3, 0.4) is 0 Å². The van der Waals surface area contributed by atoms with Gasteiger partial charge in [0.05, 0.1) is 0 Å². The van der Waals surface area contributed by atoms with E-state index in [0.29, 0.717) is 11.5 Å². The minimum absolute atomic E-state index is 0.461. The molecule has 0 aliphatic heterocycles. The molecule has 19 heavy (non-hydrogen) atoms. The minimum Gasteiger partial charge on any atom is -0.370 e. The molecule has 1 unspecified atom stereocenters. The predicted octanol–water partition coefficient (Wildman–Crippen LogP) is 3.46. The van der Waals surface area contributed by atoms with Crippen molar-refractivity contribution in [3.63, 3.8) is 0 Å². The minimum atomic E-state index is 0.461. The zero-order chi connectivity index (χ0) is 13.9. The summed E-state index contributed by atoms with van der Waals surface area (Å²) in [4.78, 5) is 9.07. The molecule has 106 valence electrons. The van der Waals surface area contributed by atoms with Crippen molar-refractivity contribution < 1.29 is 0 Å². The lowest BCUT2D eigenvalue weighted by Crippen LogP contribution is -2.19. The molecule has 1 aliphatic carbocycles. The van der Waals surface area contributed by atoms with Gasteiger partial charge in [0.15, 0.2) is 0 Å². The van der Waals surface area contributed by atoms with Gasteiger partial charge < -0.3 is 10.6 Å².